The average molecular weight is 169 g/mol. The van der Waals surface area contributed by atoms with Gasteiger partial charge in [-0.3, -0.25) is 0 Å². The van der Waals surface area contributed by atoms with Gasteiger partial charge in [-0.2, -0.15) is 0 Å². The summed E-state index contributed by atoms with van der Waals surface area (Å²) in [7, 11) is 0.411. The summed E-state index contributed by atoms with van der Waals surface area (Å²) in [5, 5.41) is 0. The first kappa shape index (κ1) is 10.6. The number of hydrogen-bond acceptors (Lipinski definition) is 0. The van der Waals surface area contributed by atoms with Gasteiger partial charge in [-0.05, 0) is 24.6 Å². The van der Waals surface area contributed by atoms with E-state index in [4.69, 9.17) is 0 Å². The fourth-order valence-electron chi connectivity index (χ4n) is 0.869. The molecule has 1 aromatic rings. The van der Waals surface area contributed by atoms with E-state index >= 15 is 0 Å². The van der Waals surface area contributed by atoms with Crippen LogP contribution in [-0.4, -0.2) is 12.5 Å². The van der Waals surface area contributed by atoms with Gasteiger partial charge in [0.05, 0.1) is 0 Å². The first-order chi connectivity index (χ1) is 4.70. The number of rotatable bonds is 1. The molecule has 1 heteroatoms. The third kappa shape index (κ3) is 2.98. The molecule has 1 rings (SSSR count). The lowest BCUT2D eigenvalue weighted by atomic mass is 10.2. The molecule has 0 N–H and O–H groups in total. The molecule has 0 spiro atoms. The van der Waals surface area contributed by atoms with E-state index in [1.807, 2.05) is 0 Å². The molecule has 1 aromatic carbocycles. The van der Waals surface area contributed by atoms with Gasteiger partial charge >= 0.3 is 0 Å². The van der Waals surface area contributed by atoms with Crippen molar-refractivity contribution in [3.63, 3.8) is 0 Å². The summed E-state index contributed by atoms with van der Waals surface area (Å²) in [6.45, 7) is 2.14. The van der Waals surface area contributed by atoms with Crippen LogP contribution >= 0.6 is 0 Å². The van der Waals surface area contributed by atoms with Crippen LogP contribution in [0.4, 0.5) is 0 Å². The maximum absolute atomic E-state index is 2.25. The molecule has 11 heavy (non-hydrogen) atoms. The molecule has 0 heterocycles. The third-order valence-corrected chi connectivity index (χ3v) is 2.66. The van der Waals surface area contributed by atoms with E-state index in [9.17, 15) is 0 Å². The summed E-state index contributed by atoms with van der Waals surface area (Å²) in [5.74, 6) is 0. The summed E-state index contributed by atoms with van der Waals surface area (Å²) in [4.78, 5) is 1.46. The van der Waals surface area contributed by atoms with Crippen LogP contribution in [0.1, 0.15) is 13.0 Å². The van der Waals surface area contributed by atoms with Gasteiger partial charge in [-0.25, -0.2) is 0 Å². The lowest BCUT2D eigenvalue weighted by Crippen LogP contribution is -1.94. The van der Waals surface area contributed by atoms with E-state index in [-0.39, 0.29) is 7.43 Å². The van der Waals surface area contributed by atoms with Gasteiger partial charge in [0, 0.05) is 10.9 Å². The monoisotopic (exact) mass is 169 g/mol. The van der Waals surface area contributed by atoms with Crippen LogP contribution in [-0.2, 0) is 10.9 Å². The lowest BCUT2D eigenvalue weighted by molar-refractivity contribution is 1.36. The highest BCUT2D eigenvalue weighted by Gasteiger charge is 2.05. The maximum atomic E-state index is 2.25. The highest BCUT2D eigenvalue weighted by Crippen LogP contribution is 2.09. The molecular formula is C10H17S+. The largest absolute Gasteiger partial charge is 0.154 e. The molecule has 0 amide bonds. The average Bonchev–Trinajstić information content (AvgIpc) is 1.88. The first-order valence-corrected chi connectivity index (χ1v) is 5.38. The Labute approximate surface area is 73.0 Å². The molecule has 0 aliphatic heterocycles. The Morgan fingerprint density at radius 3 is 2.18 bits per heavy atom. The van der Waals surface area contributed by atoms with Crippen LogP contribution < -0.4 is 0 Å². The van der Waals surface area contributed by atoms with Gasteiger partial charge in [0.15, 0.2) is 4.90 Å². The van der Waals surface area contributed by atoms with Crippen molar-refractivity contribution in [2.24, 2.45) is 0 Å². The molecule has 0 radical (unpaired) electrons. The van der Waals surface area contributed by atoms with Gasteiger partial charge in [0.2, 0.25) is 0 Å². The summed E-state index contributed by atoms with van der Waals surface area (Å²) in [5.41, 5.74) is 1.36. The zero-order chi connectivity index (χ0) is 7.56. The van der Waals surface area contributed by atoms with Crippen LogP contribution in [0.25, 0.3) is 0 Å². The molecule has 0 unspecified atom stereocenters. The summed E-state index contributed by atoms with van der Waals surface area (Å²) in [6.07, 6.45) is 4.49. The van der Waals surface area contributed by atoms with Crippen LogP contribution in [0.5, 0.6) is 0 Å². The second-order valence-electron chi connectivity index (χ2n) is 2.63. The van der Waals surface area contributed by atoms with Crippen molar-refractivity contribution in [3.8, 4) is 0 Å². The highest BCUT2D eigenvalue weighted by molar-refractivity contribution is 7.95. The van der Waals surface area contributed by atoms with Crippen LogP contribution in [0.3, 0.4) is 0 Å². The minimum absolute atomic E-state index is 0. The Morgan fingerprint density at radius 2 is 1.82 bits per heavy atom. The van der Waals surface area contributed by atoms with Crippen LogP contribution in [0.15, 0.2) is 29.2 Å². The molecule has 0 atom stereocenters. The summed E-state index contributed by atoms with van der Waals surface area (Å²) in [6, 6.07) is 8.70. The predicted molar refractivity (Wildman–Crippen MR) is 55.4 cm³/mol. The van der Waals surface area contributed by atoms with Crippen molar-refractivity contribution in [3.05, 3.63) is 29.8 Å². The molecule has 0 aliphatic carbocycles. The quantitative estimate of drug-likeness (QED) is 0.567. The van der Waals surface area contributed by atoms with Crippen molar-refractivity contribution in [2.75, 3.05) is 12.5 Å². The topological polar surface area (TPSA) is 0 Å². The van der Waals surface area contributed by atoms with Crippen molar-refractivity contribution in [2.45, 2.75) is 19.2 Å². The normalized spacial score (nSPS) is 9.45. The zero-order valence-corrected chi connectivity index (χ0v) is 7.53. The lowest BCUT2D eigenvalue weighted by Gasteiger charge is -1.95. The second-order valence-corrected chi connectivity index (χ2v) is 4.74. The Morgan fingerprint density at radius 1 is 1.18 bits per heavy atom. The summed E-state index contributed by atoms with van der Waals surface area (Å²) < 4.78 is 0. The molecular weight excluding hydrogens is 152 g/mol. The molecule has 62 valence electrons. The zero-order valence-electron chi connectivity index (χ0n) is 6.72. The molecule has 0 saturated heterocycles. The van der Waals surface area contributed by atoms with E-state index in [1.165, 1.54) is 10.5 Å². The molecule has 0 nitrogen and oxygen atoms in total. The minimum Gasteiger partial charge on any atom is -0.0776 e. The second kappa shape index (κ2) is 4.45. The van der Waals surface area contributed by atoms with E-state index < -0.39 is 0 Å². The minimum atomic E-state index is 0. The molecule has 0 aliphatic rings. The fraction of sp³-hybridized carbons (Fsp3) is 0.400. The fourth-order valence-corrected chi connectivity index (χ4v) is 1.64. The number of aryl methyl sites for hydroxylation is 1. The van der Waals surface area contributed by atoms with Crippen LogP contribution in [0, 0.1) is 6.92 Å². The van der Waals surface area contributed by atoms with Gasteiger partial charge in [0.1, 0.15) is 12.5 Å². The highest BCUT2D eigenvalue weighted by atomic mass is 32.2. The van der Waals surface area contributed by atoms with Gasteiger partial charge in [0.25, 0.3) is 0 Å². The van der Waals surface area contributed by atoms with Crippen molar-refractivity contribution >= 4 is 10.9 Å². The first-order valence-electron chi connectivity index (χ1n) is 3.34. The Hall–Kier alpha value is -0.430. The van der Waals surface area contributed by atoms with E-state index in [2.05, 4.69) is 43.7 Å². The van der Waals surface area contributed by atoms with E-state index in [0.29, 0.717) is 10.9 Å². The Balaban J connectivity index is 0.000001000. The van der Waals surface area contributed by atoms with Crippen molar-refractivity contribution in [1.29, 1.82) is 0 Å². The van der Waals surface area contributed by atoms with Crippen molar-refractivity contribution < 1.29 is 0 Å². The molecule has 0 saturated carbocycles. The van der Waals surface area contributed by atoms with Crippen LogP contribution in [0.2, 0.25) is 0 Å². The number of benzene rings is 1. The maximum Gasteiger partial charge on any atom is 0.154 e. The van der Waals surface area contributed by atoms with E-state index in [1.54, 1.807) is 0 Å². The Kier molecular flexibility index (Phi) is 4.27. The van der Waals surface area contributed by atoms with Gasteiger partial charge < -0.3 is 0 Å². The smallest absolute Gasteiger partial charge is 0.0776 e. The van der Waals surface area contributed by atoms with E-state index in [0.717, 1.165) is 0 Å². The molecule has 0 aromatic heterocycles. The molecule has 0 fully saturated rings. The number of hydrogen-bond donors (Lipinski definition) is 0. The van der Waals surface area contributed by atoms with Gasteiger partial charge in [-0.15, -0.1) is 0 Å². The molecule has 0 bridgehead atoms. The predicted octanol–water partition coefficient (Wildman–Crippen LogP) is 2.87. The standard InChI is InChI=1S/C9H13S.CH4/c1-8-5-4-6-9(7-8)10(2)3;/h4-7H,1-3H3;1H4/q+1;. The summed E-state index contributed by atoms with van der Waals surface area (Å²) >= 11 is 0. The third-order valence-electron chi connectivity index (χ3n) is 1.46. The van der Waals surface area contributed by atoms with Gasteiger partial charge in [-0.1, -0.05) is 19.6 Å². The van der Waals surface area contributed by atoms with Crippen molar-refractivity contribution in [1.82, 2.24) is 0 Å². The SMILES string of the molecule is C.Cc1cccc([S+](C)C)c1. The Bertz CT molecular complexity index is 216.